The fourth-order valence-corrected chi connectivity index (χ4v) is 2.53. The second-order valence-corrected chi connectivity index (χ2v) is 4.82. The predicted molar refractivity (Wildman–Crippen MR) is 66.0 cm³/mol. The maximum atomic E-state index is 11.6. The van der Waals surface area contributed by atoms with Crippen LogP contribution in [0.15, 0.2) is 5.38 Å². The Morgan fingerprint density at radius 3 is 2.74 bits per heavy atom. The zero-order chi connectivity index (χ0) is 13.8. The molecule has 0 unspecified atom stereocenters. The minimum Gasteiger partial charge on any atom is -0.481 e. The minimum absolute atomic E-state index is 0.0717. The minimum atomic E-state index is -0.853. The summed E-state index contributed by atoms with van der Waals surface area (Å²) in [6.45, 7) is -0.251. The molecule has 2 rings (SSSR count). The lowest BCUT2D eigenvalue weighted by atomic mass is 10.2. The van der Waals surface area contributed by atoms with Gasteiger partial charge in [0.25, 0.3) is 11.8 Å². The molecular weight excluding hydrogens is 272 g/mol. The summed E-state index contributed by atoms with van der Waals surface area (Å²) in [5.74, 6) is -1.71. The van der Waals surface area contributed by atoms with Crippen LogP contribution in [0.25, 0.3) is 0 Å². The van der Waals surface area contributed by atoms with Gasteiger partial charge in [0.15, 0.2) is 5.13 Å². The fourth-order valence-electron chi connectivity index (χ4n) is 1.64. The van der Waals surface area contributed by atoms with E-state index >= 15 is 0 Å². The molecule has 1 aliphatic heterocycles. The van der Waals surface area contributed by atoms with E-state index in [2.05, 4.69) is 4.98 Å². The van der Waals surface area contributed by atoms with Gasteiger partial charge in [0, 0.05) is 11.8 Å². The van der Waals surface area contributed by atoms with Crippen molar-refractivity contribution in [3.8, 4) is 0 Å². The molecule has 2 heterocycles. The summed E-state index contributed by atoms with van der Waals surface area (Å²) in [7, 11) is 0. The number of imide groups is 1. The molecule has 2 amide bonds. The van der Waals surface area contributed by atoms with Crippen LogP contribution in [0.3, 0.4) is 0 Å². The molecule has 1 N–H and O–H groups in total. The number of amides is 2. The van der Waals surface area contributed by atoms with E-state index in [4.69, 9.17) is 9.84 Å². The lowest BCUT2D eigenvalue weighted by Gasteiger charge is -2.22. The second-order valence-electron chi connectivity index (χ2n) is 3.98. The summed E-state index contributed by atoms with van der Waals surface area (Å²) in [6, 6.07) is 0. The van der Waals surface area contributed by atoms with Gasteiger partial charge in [-0.3, -0.25) is 14.4 Å². The lowest BCUT2D eigenvalue weighted by molar-refractivity contribution is -0.138. The van der Waals surface area contributed by atoms with Gasteiger partial charge in [-0.15, -0.1) is 11.3 Å². The average Bonchev–Trinajstić information content (AvgIpc) is 2.77. The van der Waals surface area contributed by atoms with Gasteiger partial charge in [-0.25, -0.2) is 9.88 Å². The molecule has 0 radical (unpaired) electrons. The highest BCUT2D eigenvalue weighted by molar-refractivity contribution is 7.14. The smallest absolute Gasteiger partial charge is 0.303 e. The topological polar surface area (TPSA) is 96.8 Å². The van der Waals surface area contributed by atoms with Crippen molar-refractivity contribution in [2.24, 2.45) is 0 Å². The molecule has 0 aromatic carbocycles. The Morgan fingerprint density at radius 2 is 2.11 bits per heavy atom. The van der Waals surface area contributed by atoms with Crippen LogP contribution in [-0.4, -0.2) is 41.1 Å². The molecule has 102 valence electrons. The second kappa shape index (κ2) is 5.89. The molecule has 1 saturated heterocycles. The summed E-state index contributed by atoms with van der Waals surface area (Å²) < 4.78 is 4.81. The standard InChI is InChI=1S/C11H12N2O5S/c14-8-4-18-5-9(15)13(8)11-12-7(6-19-11)2-1-3-10(16)17/h6H,1-5H2,(H,16,17). The molecule has 1 fully saturated rings. The number of carboxylic acid groups (broad SMARTS) is 1. The summed E-state index contributed by atoms with van der Waals surface area (Å²) in [4.78, 5) is 38.8. The highest BCUT2D eigenvalue weighted by atomic mass is 32.1. The van der Waals surface area contributed by atoms with E-state index in [1.807, 2.05) is 0 Å². The molecule has 0 saturated carbocycles. The Labute approximate surface area is 112 Å². The van der Waals surface area contributed by atoms with Gasteiger partial charge in [-0.05, 0) is 12.8 Å². The van der Waals surface area contributed by atoms with Crippen LogP contribution < -0.4 is 4.90 Å². The van der Waals surface area contributed by atoms with Crippen molar-refractivity contribution in [2.45, 2.75) is 19.3 Å². The van der Waals surface area contributed by atoms with Crippen molar-refractivity contribution >= 4 is 34.3 Å². The number of carbonyl (C=O) groups is 3. The van der Waals surface area contributed by atoms with E-state index in [1.165, 1.54) is 11.3 Å². The lowest BCUT2D eigenvalue weighted by Crippen LogP contribution is -2.46. The van der Waals surface area contributed by atoms with Gasteiger partial charge in [0.2, 0.25) is 0 Å². The quantitative estimate of drug-likeness (QED) is 0.788. The third-order valence-corrected chi connectivity index (χ3v) is 3.38. The average molecular weight is 284 g/mol. The Bertz CT molecular complexity index is 497. The highest BCUT2D eigenvalue weighted by Crippen LogP contribution is 2.23. The van der Waals surface area contributed by atoms with E-state index in [1.54, 1.807) is 5.38 Å². The number of hydrogen-bond acceptors (Lipinski definition) is 6. The molecule has 0 bridgehead atoms. The largest absolute Gasteiger partial charge is 0.481 e. The number of nitrogens with zero attached hydrogens (tertiary/aromatic N) is 2. The van der Waals surface area contributed by atoms with Crippen LogP contribution in [0.1, 0.15) is 18.5 Å². The third kappa shape index (κ3) is 3.36. The maximum absolute atomic E-state index is 11.6. The van der Waals surface area contributed by atoms with Gasteiger partial charge < -0.3 is 9.84 Å². The van der Waals surface area contributed by atoms with Crippen LogP contribution in [0.4, 0.5) is 5.13 Å². The van der Waals surface area contributed by atoms with Gasteiger partial charge >= 0.3 is 5.97 Å². The van der Waals surface area contributed by atoms with Crippen molar-refractivity contribution in [3.63, 3.8) is 0 Å². The monoisotopic (exact) mass is 284 g/mol. The van der Waals surface area contributed by atoms with Crippen LogP contribution in [0, 0.1) is 0 Å². The molecule has 1 aromatic heterocycles. The number of carboxylic acids is 1. The van der Waals surface area contributed by atoms with Gasteiger partial charge in [-0.2, -0.15) is 0 Å². The fraction of sp³-hybridized carbons (Fsp3) is 0.455. The third-order valence-electron chi connectivity index (χ3n) is 2.50. The van der Waals surface area contributed by atoms with Crippen molar-refractivity contribution in [3.05, 3.63) is 11.1 Å². The summed E-state index contributed by atoms with van der Waals surface area (Å²) in [5.41, 5.74) is 0.688. The Balaban J connectivity index is 2.01. The number of aromatic nitrogens is 1. The molecule has 0 atom stereocenters. The van der Waals surface area contributed by atoms with Crippen molar-refractivity contribution in [1.29, 1.82) is 0 Å². The number of carbonyl (C=O) groups excluding carboxylic acids is 2. The number of morpholine rings is 1. The first-order chi connectivity index (χ1) is 9.08. The van der Waals surface area contributed by atoms with Crippen LogP contribution in [-0.2, 0) is 25.5 Å². The number of ether oxygens (including phenoxy) is 1. The van der Waals surface area contributed by atoms with Crippen molar-refractivity contribution < 1.29 is 24.2 Å². The molecule has 19 heavy (non-hydrogen) atoms. The number of hydrogen-bond donors (Lipinski definition) is 1. The number of rotatable bonds is 5. The first-order valence-electron chi connectivity index (χ1n) is 5.67. The van der Waals surface area contributed by atoms with Crippen LogP contribution >= 0.6 is 11.3 Å². The van der Waals surface area contributed by atoms with Crippen molar-refractivity contribution in [2.75, 3.05) is 18.1 Å². The molecule has 0 spiro atoms. The van der Waals surface area contributed by atoms with Crippen molar-refractivity contribution in [1.82, 2.24) is 4.98 Å². The molecule has 1 aromatic rings. The summed E-state index contributed by atoms with van der Waals surface area (Å²) >= 11 is 1.19. The van der Waals surface area contributed by atoms with Gasteiger partial charge in [0.05, 0.1) is 5.69 Å². The zero-order valence-corrected chi connectivity index (χ0v) is 10.8. The van der Waals surface area contributed by atoms with Crippen LogP contribution in [0.2, 0.25) is 0 Å². The van der Waals surface area contributed by atoms with E-state index in [9.17, 15) is 14.4 Å². The number of aryl methyl sites for hydroxylation is 1. The van der Waals surface area contributed by atoms with Gasteiger partial charge in [0.1, 0.15) is 13.2 Å². The molecule has 8 heteroatoms. The number of anilines is 1. The molecule has 1 aliphatic rings. The van der Waals surface area contributed by atoms with E-state index in [-0.39, 0.29) is 19.6 Å². The zero-order valence-electron chi connectivity index (χ0n) is 10.00. The number of aliphatic carboxylic acids is 1. The van der Waals surface area contributed by atoms with E-state index < -0.39 is 17.8 Å². The first-order valence-corrected chi connectivity index (χ1v) is 6.55. The molecule has 0 aliphatic carbocycles. The maximum Gasteiger partial charge on any atom is 0.303 e. The Hall–Kier alpha value is -1.80. The summed E-state index contributed by atoms with van der Waals surface area (Å²) in [5, 5.41) is 10.6. The number of thiazole rings is 1. The highest BCUT2D eigenvalue weighted by Gasteiger charge is 2.30. The van der Waals surface area contributed by atoms with Gasteiger partial charge in [-0.1, -0.05) is 0 Å². The molecule has 7 nitrogen and oxygen atoms in total. The predicted octanol–water partition coefficient (Wildman–Crippen LogP) is 0.440. The van der Waals surface area contributed by atoms with E-state index in [0.29, 0.717) is 23.7 Å². The Morgan fingerprint density at radius 1 is 1.42 bits per heavy atom. The summed E-state index contributed by atoms with van der Waals surface area (Å²) in [6.07, 6.45) is 1.06. The normalized spacial score (nSPS) is 15.9. The SMILES string of the molecule is O=C(O)CCCc1csc(N2C(=O)COCC2=O)n1. The first kappa shape index (κ1) is 13.6. The van der Waals surface area contributed by atoms with E-state index in [0.717, 1.165) is 4.90 Å². The molecular formula is C11H12N2O5S. The van der Waals surface area contributed by atoms with Crippen LogP contribution in [0.5, 0.6) is 0 Å². The Kier molecular flexibility index (Phi) is 4.23.